The van der Waals surface area contributed by atoms with Gasteiger partial charge in [0.1, 0.15) is 51.3 Å². The van der Waals surface area contributed by atoms with Gasteiger partial charge in [0.25, 0.3) is 0 Å². The van der Waals surface area contributed by atoms with Crippen molar-refractivity contribution in [3.63, 3.8) is 0 Å². The maximum absolute atomic E-state index is 7.59. The van der Waals surface area contributed by atoms with Crippen LogP contribution in [0.2, 0.25) is 0 Å². The molecule has 0 saturated heterocycles. The molecule has 0 fully saturated rings. The largest absolute Gasteiger partial charge is 0.497 e. The summed E-state index contributed by atoms with van der Waals surface area (Å²) < 4.78 is 56.9. The Hall–Kier alpha value is -8.38. The van der Waals surface area contributed by atoms with E-state index in [9.17, 15) is 0 Å². The summed E-state index contributed by atoms with van der Waals surface area (Å²) in [6.45, 7) is 4.54. The van der Waals surface area contributed by atoms with Gasteiger partial charge < -0.3 is 47.5 Å². The SMILES string of the molecule is CCCN(C)C(CCCOC(c1ccccc1)(c1ccc(OC)cc1)c1ccc(OC)cc1)(CCCOC(c1ccccc1)(c1ccc(OC)cc1)c1ccc(OC)cc1)CCCOC(c1ccccc1)(c1ccc(OC)cc1)c1ccc(OC)cc1. The van der Waals surface area contributed by atoms with Crippen molar-refractivity contribution in [1.29, 1.82) is 0 Å². The molecule has 452 valence electrons. The van der Waals surface area contributed by atoms with Crippen LogP contribution in [0.25, 0.3) is 0 Å². The van der Waals surface area contributed by atoms with Gasteiger partial charge in [-0.1, -0.05) is 171 Å². The van der Waals surface area contributed by atoms with Gasteiger partial charge in [-0.05, 0) is 181 Å². The molecule has 0 N–H and O–H groups in total. The zero-order valence-corrected chi connectivity index (χ0v) is 51.9. The molecule has 0 radical (unpaired) electrons. The van der Waals surface area contributed by atoms with Crippen LogP contribution < -0.4 is 28.4 Å². The Kier molecular flexibility index (Phi) is 22.0. The molecule has 9 aromatic carbocycles. The fourth-order valence-electron chi connectivity index (χ4n) is 12.6. The fourth-order valence-corrected chi connectivity index (χ4v) is 12.6. The fraction of sp³-hybridized carbons (Fsp3) is 0.299. The number of benzene rings is 9. The van der Waals surface area contributed by atoms with Gasteiger partial charge in [-0.2, -0.15) is 0 Å². The van der Waals surface area contributed by atoms with Crippen molar-refractivity contribution in [2.24, 2.45) is 0 Å². The molecule has 0 unspecified atom stereocenters. The Labute approximate surface area is 516 Å². The van der Waals surface area contributed by atoms with Crippen LogP contribution in [-0.2, 0) is 31.0 Å². The minimum atomic E-state index is -0.965. The number of nitrogens with zero attached hydrogens (tertiary/aromatic N) is 1. The highest BCUT2D eigenvalue weighted by atomic mass is 16.5. The molecule has 0 heterocycles. The molecule has 0 bridgehead atoms. The Bertz CT molecular complexity index is 2930. The molecule has 9 aromatic rings. The van der Waals surface area contributed by atoms with Crippen LogP contribution in [0.1, 0.15) is 102 Å². The van der Waals surface area contributed by atoms with Crippen LogP contribution in [0.15, 0.2) is 237 Å². The van der Waals surface area contributed by atoms with Crippen molar-refractivity contribution in [3.05, 3.63) is 287 Å². The predicted octanol–water partition coefficient (Wildman–Crippen LogP) is 16.5. The van der Waals surface area contributed by atoms with Crippen molar-refractivity contribution in [2.75, 3.05) is 76.1 Å². The second kappa shape index (κ2) is 30.3. The lowest BCUT2D eigenvalue weighted by Gasteiger charge is -2.44. The summed E-state index contributed by atoms with van der Waals surface area (Å²) in [4.78, 5) is 2.61. The van der Waals surface area contributed by atoms with Crippen LogP contribution in [0.3, 0.4) is 0 Å². The highest BCUT2D eigenvalue weighted by molar-refractivity contribution is 5.53. The minimum Gasteiger partial charge on any atom is -0.497 e. The van der Waals surface area contributed by atoms with Gasteiger partial charge in [0.2, 0.25) is 0 Å². The van der Waals surface area contributed by atoms with E-state index in [0.717, 1.165) is 136 Å². The second-order valence-corrected chi connectivity index (χ2v) is 22.0. The van der Waals surface area contributed by atoms with Crippen LogP contribution in [0, 0.1) is 0 Å². The van der Waals surface area contributed by atoms with Crippen molar-refractivity contribution in [3.8, 4) is 34.5 Å². The van der Waals surface area contributed by atoms with E-state index in [1.807, 2.05) is 72.8 Å². The third kappa shape index (κ3) is 14.1. The average Bonchev–Trinajstić information content (AvgIpc) is 1.02. The molecule has 0 aliphatic carbocycles. The molecule has 87 heavy (non-hydrogen) atoms. The lowest BCUT2D eigenvalue weighted by Crippen LogP contribution is -2.48. The molecule has 0 saturated carbocycles. The molecule has 0 aromatic heterocycles. The van der Waals surface area contributed by atoms with Crippen molar-refractivity contribution >= 4 is 0 Å². The summed E-state index contributed by atoms with van der Waals surface area (Å²) in [5.74, 6) is 4.64. The molecule has 0 aliphatic rings. The molecule has 0 spiro atoms. The van der Waals surface area contributed by atoms with Crippen molar-refractivity contribution in [2.45, 2.75) is 74.2 Å². The molecule has 9 rings (SSSR count). The van der Waals surface area contributed by atoms with E-state index >= 15 is 0 Å². The lowest BCUT2D eigenvalue weighted by atomic mass is 9.79. The van der Waals surface area contributed by atoms with E-state index in [-0.39, 0.29) is 5.54 Å². The summed E-state index contributed by atoms with van der Waals surface area (Å²) in [7, 11) is 12.5. The number of hydrogen-bond acceptors (Lipinski definition) is 10. The Morgan fingerprint density at radius 3 is 0.655 bits per heavy atom. The molecule has 0 amide bonds. The molecule has 10 nitrogen and oxygen atoms in total. The highest BCUT2D eigenvalue weighted by Crippen LogP contribution is 2.46. The first-order valence-electron chi connectivity index (χ1n) is 30.3. The number of hydrogen-bond donors (Lipinski definition) is 0. The van der Waals surface area contributed by atoms with E-state index in [0.29, 0.717) is 19.8 Å². The topological polar surface area (TPSA) is 86.3 Å². The summed E-state index contributed by atoms with van der Waals surface area (Å²) in [5, 5.41) is 0. The lowest BCUT2D eigenvalue weighted by molar-refractivity contribution is -0.0181. The highest BCUT2D eigenvalue weighted by Gasteiger charge is 2.42. The molecular formula is C77H85NO9. The maximum atomic E-state index is 7.59. The van der Waals surface area contributed by atoms with Gasteiger partial charge in [-0.3, -0.25) is 0 Å². The predicted molar refractivity (Wildman–Crippen MR) is 348 cm³/mol. The minimum absolute atomic E-state index is 0.326. The van der Waals surface area contributed by atoms with Crippen LogP contribution >= 0.6 is 0 Å². The van der Waals surface area contributed by atoms with Gasteiger partial charge in [0.15, 0.2) is 0 Å². The van der Waals surface area contributed by atoms with Crippen molar-refractivity contribution in [1.82, 2.24) is 4.90 Å². The zero-order chi connectivity index (χ0) is 61.0. The monoisotopic (exact) mass is 1170 g/mol. The van der Waals surface area contributed by atoms with E-state index in [1.165, 1.54) is 0 Å². The average molecular weight is 1170 g/mol. The first kappa shape index (κ1) is 63.1. The zero-order valence-electron chi connectivity index (χ0n) is 51.9. The summed E-state index contributed by atoms with van der Waals surface area (Å²) in [6, 6.07) is 81.3. The quantitative estimate of drug-likeness (QED) is 0.0293. The van der Waals surface area contributed by atoms with Gasteiger partial charge >= 0.3 is 0 Å². The molecular weight excluding hydrogens is 1080 g/mol. The molecule has 0 aliphatic heterocycles. The smallest absolute Gasteiger partial charge is 0.143 e. The first-order chi connectivity index (χ1) is 42.6. The van der Waals surface area contributed by atoms with Gasteiger partial charge in [0.05, 0.1) is 42.7 Å². The molecule has 10 heteroatoms. The standard InChI is InChI=1S/C77H85NO9/c1-9-55-78(2)74(52-19-56-85-75(59-22-13-10-14-23-59,62-28-40-68(79-3)41-29-62)63-30-42-69(80-4)43-31-63,53-20-57-86-76(60-24-15-11-16-25-60,64-32-44-70(81-5)45-33-64)65-34-46-71(82-6)47-35-65)54-21-58-87-77(61-26-17-12-18-27-61,66-36-48-72(83-7)49-37-66)67-38-50-73(84-8)51-39-67/h10-18,22-51H,9,19-21,52-58H2,1-8H3. The van der Waals surface area contributed by atoms with E-state index in [1.54, 1.807) is 42.7 Å². The van der Waals surface area contributed by atoms with E-state index < -0.39 is 16.8 Å². The Morgan fingerprint density at radius 2 is 0.471 bits per heavy atom. The first-order valence-corrected chi connectivity index (χ1v) is 30.3. The van der Waals surface area contributed by atoms with Gasteiger partial charge in [0, 0.05) is 25.4 Å². The van der Waals surface area contributed by atoms with E-state index in [2.05, 4.69) is 183 Å². The number of ether oxygens (including phenoxy) is 9. The van der Waals surface area contributed by atoms with E-state index in [4.69, 9.17) is 42.6 Å². The number of methoxy groups -OCH3 is 6. The van der Waals surface area contributed by atoms with Crippen LogP contribution in [0.4, 0.5) is 0 Å². The Morgan fingerprint density at radius 1 is 0.276 bits per heavy atom. The Balaban J connectivity index is 1.10. The third-order valence-corrected chi connectivity index (χ3v) is 17.2. The van der Waals surface area contributed by atoms with Gasteiger partial charge in [-0.15, -0.1) is 0 Å². The van der Waals surface area contributed by atoms with Crippen molar-refractivity contribution < 1.29 is 42.6 Å². The number of rotatable bonds is 33. The maximum Gasteiger partial charge on any atom is 0.143 e. The third-order valence-electron chi connectivity index (χ3n) is 17.2. The second-order valence-electron chi connectivity index (χ2n) is 22.0. The normalized spacial score (nSPS) is 12.0. The summed E-state index contributed by atoms with van der Waals surface area (Å²) in [5.41, 5.74) is 5.82. The van der Waals surface area contributed by atoms with Crippen LogP contribution in [-0.4, -0.2) is 86.5 Å². The summed E-state index contributed by atoms with van der Waals surface area (Å²) >= 11 is 0. The van der Waals surface area contributed by atoms with Crippen LogP contribution in [0.5, 0.6) is 34.5 Å². The van der Waals surface area contributed by atoms with Gasteiger partial charge in [-0.25, -0.2) is 0 Å². The molecule has 0 atom stereocenters. The summed E-state index contributed by atoms with van der Waals surface area (Å²) in [6.07, 6.45) is 5.76.